The molecule has 0 amide bonds. The molecule has 1 N–H and O–H groups in total. The Bertz CT molecular complexity index is 81.1. The summed E-state index contributed by atoms with van der Waals surface area (Å²) in [4.78, 5) is 0. The molecule has 0 bridgehead atoms. The standard InChI is InChI=1S/C6H14OS3/c7-5-6(10,1-3-8)2-4-9/h7-10H,1-5H2. The van der Waals surface area contributed by atoms with Crippen molar-refractivity contribution in [1.82, 2.24) is 0 Å². The van der Waals surface area contributed by atoms with Gasteiger partial charge in [0.25, 0.3) is 0 Å². The van der Waals surface area contributed by atoms with E-state index in [4.69, 9.17) is 5.11 Å². The van der Waals surface area contributed by atoms with Gasteiger partial charge in [-0.1, -0.05) is 0 Å². The van der Waals surface area contributed by atoms with Gasteiger partial charge in [0.1, 0.15) is 0 Å². The Hall–Kier alpha value is 1.01. The van der Waals surface area contributed by atoms with E-state index in [-0.39, 0.29) is 11.4 Å². The maximum absolute atomic E-state index is 8.90. The summed E-state index contributed by atoms with van der Waals surface area (Å²) in [5.41, 5.74) is 0. The van der Waals surface area contributed by atoms with Crippen molar-refractivity contribution >= 4 is 37.9 Å². The lowest BCUT2D eigenvalue weighted by Crippen LogP contribution is -2.27. The van der Waals surface area contributed by atoms with Crippen LogP contribution in [0.25, 0.3) is 0 Å². The number of hydrogen-bond acceptors (Lipinski definition) is 4. The topological polar surface area (TPSA) is 20.2 Å². The van der Waals surface area contributed by atoms with Crippen molar-refractivity contribution < 1.29 is 5.11 Å². The van der Waals surface area contributed by atoms with Crippen molar-refractivity contribution in [2.24, 2.45) is 0 Å². The van der Waals surface area contributed by atoms with Crippen LogP contribution in [-0.2, 0) is 0 Å². The average Bonchev–Trinajstić information content (AvgIpc) is 1.89. The lowest BCUT2D eigenvalue weighted by Gasteiger charge is -2.24. The van der Waals surface area contributed by atoms with Crippen LogP contribution in [0, 0.1) is 0 Å². The van der Waals surface area contributed by atoms with Crippen molar-refractivity contribution in [1.29, 1.82) is 0 Å². The van der Waals surface area contributed by atoms with Gasteiger partial charge in [-0.3, -0.25) is 0 Å². The quantitative estimate of drug-likeness (QED) is 0.491. The molecule has 0 spiro atoms. The highest BCUT2D eigenvalue weighted by atomic mass is 32.1. The van der Waals surface area contributed by atoms with Gasteiger partial charge in [0.05, 0.1) is 6.61 Å². The van der Waals surface area contributed by atoms with Crippen LogP contribution in [0.5, 0.6) is 0 Å². The fourth-order valence-corrected chi connectivity index (χ4v) is 2.13. The number of rotatable bonds is 5. The summed E-state index contributed by atoms with van der Waals surface area (Å²) in [6.07, 6.45) is 1.66. The van der Waals surface area contributed by atoms with Crippen LogP contribution in [0.15, 0.2) is 0 Å². The molecule has 0 fully saturated rings. The molecule has 4 heteroatoms. The fourth-order valence-electron chi connectivity index (χ4n) is 0.699. The van der Waals surface area contributed by atoms with Crippen LogP contribution < -0.4 is 0 Å². The molecule has 0 unspecified atom stereocenters. The minimum absolute atomic E-state index is 0.108. The molecule has 0 aromatic heterocycles. The number of thiol groups is 3. The maximum Gasteiger partial charge on any atom is 0.0576 e. The Morgan fingerprint density at radius 3 is 1.70 bits per heavy atom. The third kappa shape index (κ3) is 4.01. The van der Waals surface area contributed by atoms with E-state index >= 15 is 0 Å². The Morgan fingerprint density at radius 2 is 1.50 bits per heavy atom. The van der Waals surface area contributed by atoms with Gasteiger partial charge in [0.15, 0.2) is 0 Å². The number of aliphatic hydroxyl groups is 1. The second-order valence-corrected chi connectivity index (χ2v) is 4.17. The van der Waals surface area contributed by atoms with Crippen LogP contribution >= 0.6 is 37.9 Å². The zero-order valence-corrected chi connectivity index (χ0v) is 8.51. The van der Waals surface area contributed by atoms with Gasteiger partial charge in [0.2, 0.25) is 0 Å². The molecule has 0 saturated heterocycles. The predicted molar refractivity (Wildman–Crippen MR) is 55.7 cm³/mol. The molecule has 0 atom stereocenters. The Kier molecular flexibility index (Phi) is 6.20. The van der Waals surface area contributed by atoms with E-state index in [1.165, 1.54) is 0 Å². The molecule has 0 aliphatic rings. The van der Waals surface area contributed by atoms with Gasteiger partial charge in [-0.15, -0.1) is 0 Å². The highest BCUT2D eigenvalue weighted by Crippen LogP contribution is 2.23. The molecule has 0 aromatic carbocycles. The van der Waals surface area contributed by atoms with E-state index in [1.54, 1.807) is 0 Å². The van der Waals surface area contributed by atoms with Crippen LogP contribution in [-0.4, -0.2) is 28.0 Å². The van der Waals surface area contributed by atoms with Gasteiger partial charge < -0.3 is 5.11 Å². The van der Waals surface area contributed by atoms with Gasteiger partial charge in [0, 0.05) is 4.75 Å². The molecule has 10 heavy (non-hydrogen) atoms. The van der Waals surface area contributed by atoms with Crippen molar-refractivity contribution in [2.75, 3.05) is 18.1 Å². The number of aliphatic hydroxyl groups excluding tert-OH is 1. The molecule has 0 aromatic rings. The van der Waals surface area contributed by atoms with Crippen LogP contribution in [0.3, 0.4) is 0 Å². The minimum Gasteiger partial charge on any atom is -0.395 e. The Balaban J connectivity index is 3.69. The van der Waals surface area contributed by atoms with Crippen molar-refractivity contribution in [2.45, 2.75) is 17.6 Å². The van der Waals surface area contributed by atoms with Crippen molar-refractivity contribution in [3.63, 3.8) is 0 Å². The van der Waals surface area contributed by atoms with E-state index in [0.29, 0.717) is 0 Å². The SMILES string of the molecule is OCC(S)(CCS)CCS. The molecule has 0 radical (unpaired) electrons. The summed E-state index contributed by atoms with van der Waals surface area (Å²) < 4.78 is -0.260. The summed E-state index contributed by atoms with van der Waals surface area (Å²) in [5.74, 6) is 1.52. The zero-order chi connectivity index (χ0) is 8.04. The Morgan fingerprint density at radius 1 is 1.10 bits per heavy atom. The summed E-state index contributed by atoms with van der Waals surface area (Å²) in [5, 5.41) is 8.90. The first kappa shape index (κ1) is 11.0. The van der Waals surface area contributed by atoms with Gasteiger partial charge in [-0.2, -0.15) is 37.9 Å². The summed E-state index contributed by atoms with van der Waals surface area (Å²) in [6, 6.07) is 0. The first-order valence-corrected chi connectivity index (χ1v) is 4.95. The van der Waals surface area contributed by atoms with Gasteiger partial charge in [-0.25, -0.2) is 0 Å². The molecule has 1 nitrogen and oxygen atoms in total. The maximum atomic E-state index is 8.90. The zero-order valence-electron chi connectivity index (χ0n) is 5.82. The van der Waals surface area contributed by atoms with Crippen LogP contribution in [0.1, 0.15) is 12.8 Å². The van der Waals surface area contributed by atoms with Gasteiger partial charge in [-0.05, 0) is 24.3 Å². The van der Waals surface area contributed by atoms with E-state index < -0.39 is 0 Å². The third-order valence-electron chi connectivity index (χ3n) is 1.45. The fraction of sp³-hybridized carbons (Fsp3) is 1.00. The Labute approximate surface area is 78.8 Å². The summed E-state index contributed by atoms with van der Waals surface area (Å²) >= 11 is 12.5. The van der Waals surface area contributed by atoms with Crippen LogP contribution in [0.2, 0.25) is 0 Å². The summed E-state index contributed by atoms with van der Waals surface area (Å²) in [6.45, 7) is 0.108. The lowest BCUT2D eigenvalue weighted by atomic mass is 10.0. The monoisotopic (exact) mass is 198 g/mol. The highest BCUT2D eigenvalue weighted by molar-refractivity contribution is 7.82. The first-order chi connectivity index (χ1) is 4.68. The molecule has 0 rings (SSSR count). The predicted octanol–water partition coefficient (Wildman–Crippen LogP) is 1.29. The number of hydrogen-bond donors (Lipinski definition) is 4. The van der Waals surface area contributed by atoms with E-state index in [2.05, 4.69) is 37.9 Å². The normalized spacial score (nSPS) is 12.0. The molecule has 0 aliphatic carbocycles. The van der Waals surface area contributed by atoms with E-state index in [0.717, 1.165) is 24.3 Å². The first-order valence-electron chi connectivity index (χ1n) is 3.23. The molecular formula is C6H14OS3. The second kappa shape index (κ2) is 5.63. The van der Waals surface area contributed by atoms with Crippen molar-refractivity contribution in [3.8, 4) is 0 Å². The third-order valence-corrected chi connectivity index (χ3v) is 2.48. The minimum atomic E-state index is -0.260. The molecular weight excluding hydrogens is 184 g/mol. The van der Waals surface area contributed by atoms with E-state index in [9.17, 15) is 0 Å². The van der Waals surface area contributed by atoms with Crippen LogP contribution in [0.4, 0.5) is 0 Å². The molecule has 0 heterocycles. The van der Waals surface area contributed by atoms with E-state index in [1.807, 2.05) is 0 Å². The smallest absolute Gasteiger partial charge is 0.0576 e. The van der Waals surface area contributed by atoms with Crippen molar-refractivity contribution in [3.05, 3.63) is 0 Å². The highest BCUT2D eigenvalue weighted by Gasteiger charge is 2.22. The average molecular weight is 198 g/mol. The van der Waals surface area contributed by atoms with Gasteiger partial charge >= 0.3 is 0 Å². The molecule has 0 aliphatic heterocycles. The lowest BCUT2D eigenvalue weighted by molar-refractivity contribution is 0.243. The molecule has 0 saturated carbocycles. The molecule has 62 valence electrons. The largest absolute Gasteiger partial charge is 0.395 e. The second-order valence-electron chi connectivity index (χ2n) is 2.33. The summed E-state index contributed by atoms with van der Waals surface area (Å²) in [7, 11) is 0.